The zero-order chi connectivity index (χ0) is 15.4. The van der Waals surface area contributed by atoms with Crippen molar-refractivity contribution >= 4 is 23.1 Å². The normalized spacial score (nSPS) is 10.2. The van der Waals surface area contributed by atoms with Crippen LogP contribution in [0.4, 0.5) is 5.69 Å². The van der Waals surface area contributed by atoms with E-state index in [0.29, 0.717) is 16.3 Å². The molecule has 0 bridgehead atoms. The highest BCUT2D eigenvalue weighted by molar-refractivity contribution is 7.08. The molecular formula is C15H12N4O2S. The lowest BCUT2D eigenvalue weighted by Gasteiger charge is -2.05. The molecule has 0 aliphatic rings. The average Bonchev–Trinajstić information content (AvgIpc) is 3.05. The first-order chi connectivity index (χ1) is 10.8. The number of carbonyl (C=O) groups excluding carboxylic acids is 1. The number of anilines is 1. The molecule has 0 atom stereocenters. The van der Waals surface area contributed by atoms with Gasteiger partial charge >= 0.3 is 0 Å². The van der Waals surface area contributed by atoms with Crippen LogP contribution in [0.1, 0.15) is 9.67 Å². The van der Waals surface area contributed by atoms with Crippen LogP contribution in [0.2, 0.25) is 0 Å². The number of nitrogens with zero attached hydrogens (tertiary/aromatic N) is 3. The third-order valence-corrected chi connectivity index (χ3v) is 3.70. The number of hydrogen-bond donors (Lipinski definition) is 1. The first-order valence-corrected chi connectivity index (χ1v) is 7.23. The molecular weight excluding hydrogens is 300 g/mol. The highest BCUT2D eigenvalue weighted by Gasteiger charge is 2.18. The summed E-state index contributed by atoms with van der Waals surface area (Å²) in [4.78, 5) is 16.8. The Balaban J connectivity index is 1.86. The van der Waals surface area contributed by atoms with Gasteiger partial charge in [-0.3, -0.25) is 9.78 Å². The smallest absolute Gasteiger partial charge is 0.269 e. The van der Waals surface area contributed by atoms with Crippen molar-refractivity contribution in [3.8, 4) is 17.0 Å². The van der Waals surface area contributed by atoms with Crippen molar-refractivity contribution in [2.75, 3.05) is 12.4 Å². The Kier molecular flexibility index (Phi) is 4.06. The van der Waals surface area contributed by atoms with E-state index in [2.05, 4.69) is 19.9 Å². The van der Waals surface area contributed by atoms with Crippen LogP contribution in [0.15, 0.2) is 48.8 Å². The average molecular weight is 312 g/mol. The first-order valence-electron chi connectivity index (χ1n) is 6.46. The van der Waals surface area contributed by atoms with Crippen molar-refractivity contribution in [2.45, 2.75) is 0 Å². The van der Waals surface area contributed by atoms with E-state index in [1.807, 2.05) is 24.3 Å². The summed E-state index contributed by atoms with van der Waals surface area (Å²) in [6.07, 6.45) is 3.23. The lowest BCUT2D eigenvalue weighted by atomic mass is 10.1. The maximum Gasteiger partial charge on any atom is 0.269 e. The van der Waals surface area contributed by atoms with E-state index in [1.54, 1.807) is 31.6 Å². The van der Waals surface area contributed by atoms with Crippen molar-refractivity contribution in [1.29, 1.82) is 0 Å². The van der Waals surface area contributed by atoms with E-state index in [1.165, 1.54) is 0 Å². The van der Waals surface area contributed by atoms with Crippen LogP contribution in [0.3, 0.4) is 0 Å². The molecule has 0 saturated heterocycles. The quantitative estimate of drug-likeness (QED) is 0.801. The van der Waals surface area contributed by atoms with Crippen LogP contribution in [0, 0.1) is 0 Å². The van der Waals surface area contributed by atoms with Gasteiger partial charge in [-0.2, -0.15) is 0 Å². The highest BCUT2D eigenvalue weighted by atomic mass is 32.1. The second-order valence-electron chi connectivity index (χ2n) is 4.37. The van der Waals surface area contributed by atoms with Gasteiger partial charge in [0.05, 0.1) is 19.0 Å². The van der Waals surface area contributed by atoms with Gasteiger partial charge in [0.25, 0.3) is 5.91 Å². The summed E-state index contributed by atoms with van der Waals surface area (Å²) < 4.78 is 9.01. The van der Waals surface area contributed by atoms with Gasteiger partial charge < -0.3 is 10.1 Å². The summed E-state index contributed by atoms with van der Waals surface area (Å²) in [6.45, 7) is 0. The predicted molar refractivity (Wildman–Crippen MR) is 84.1 cm³/mol. The minimum atomic E-state index is -0.256. The summed E-state index contributed by atoms with van der Waals surface area (Å²) >= 11 is 1.06. The number of rotatable bonds is 4. The van der Waals surface area contributed by atoms with Crippen LogP contribution in [0.25, 0.3) is 11.3 Å². The third-order valence-electron chi connectivity index (χ3n) is 2.98. The Hall–Kier alpha value is -2.80. The van der Waals surface area contributed by atoms with Gasteiger partial charge in [0.2, 0.25) is 0 Å². The van der Waals surface area contributed by atoms with Crippen LogP contribution in [-0.4, -0.2) is 27.6 Å². The number of nitrogens with one attached hydrogen (secondary N) is 1. The molecule has 2 aromatic heterocycles. The van der Waals surface area contributed by atoms with Gasteiger partial charge in [-0.15, -0.1) is 5.10 Å². The molecule has 0 aliphatic carbocycles. The lowest BCUT2D eigenvalue weighted by Crippen LogP contribution is -2.11. The van der Waals surface area contributed by atoms with E-state index in [9.17, 15) is 4.79 Å². The third kappa shape index (κ3) is 2.94. The van der Waals surface area contributed by atoms with E-state index in [0.717, 1.165) is 22.8 Å². The predicted octanol–water partition coefficient (Wildman–Crippen LogP) is 2.86. The zero-order valence-electron chi connectivity index (χ0n) is 11.7. The summed E-state index contributed by atoms with van der Waals surface area (Å²) in [5.41, 5.74) is 1.99. The van der Waals surface area contributed by atoms with Gasteiger partial charge in [-0.05, 0) is 47.9 Å². The van der Waals surface area contributed by atoms with Gasteiger partial charge in [0, 0.05) is 11.8 Å². The van der Waals surface area contributed by atoms with Crippen molar-refractivity contribution < 1.29 is 9.53 Å². The molecule has 22 heavy (non-hydrogen) atoms. The number of ether oxygens (including phenoxy) is 1. The van der Waals surface area contributed by atoms with Crippen molar-refractivity contribution in [3.05, 3.63) is 53.7 Å². The molecule has 1 amide bonds. The van der Waals surface area contributed by atoms with Gasteiger partial charge in [-0.1, -0.05) is 4.49 Å². The number of amides is 1. The zero-order valence-corrected chi connectivity index (χ0v) is 12.5. The first kappa shape index (κ1) is 14.2. The molecule has 2 heterocycles. The molecule has 0 spiro atoms. The number of carbonyl (C=O) groups is 1. The molecule has 0 radical (unpaired) electrons. The van der Waals surface area contributed by atoms with Gasteiger partial charge in [0.1, 0.15) is 16.3 Å². The van der Waals surface area contributed by atoms with Crippen molar-refractivity contribution in [2.24, 2.45) is 0 Å². The van der Waals surface area contributed by atoms with Crippen LogP contribution < -0.4 is 10.1 Å². The second-order valence-corrected chi connectivity index (χ2v) is 5.13. The fourth-order valence-corrected chi connectivity index (χ4v) is 2.49. The van der Waals surface area contributed by atoms with E-state index < -0.39 is 0 Å². The molecule has 0 saturated carbocycles. The van der Waals surface area contributed by atoms with Crippen LogP contribution >= 0.6 is 11.5 Å². The molecule has 110 valence electrons. The molecule has 6 nitrogen and oxygen atoms in total. The molecule has 0 fully saturated rings. The summed E-state index contributed by atoms with van der Waals surface area (Å²) in [5.74, 6) is 0.488. The molecule has 1 aromatic carbocycles. The van der Waals surface area contributed by atoms with Crippen molar-refractivity contribution in [3.63, 3.8) is 0 Å². The number of aromatic nitrogens is 3. The molecule has 0 unspecified atom stereocenters. The Labute approximate surface area is 131 Å². The van der Waals surface area contributed by atoms with E-state index in [-0.39, 0.29) is 5.91 Å². The molecule has 7 heteroatoms. The standard InChI is InChI=1S/C15H12N4O2S/c1-21-12-6-4-10(5-7-12)13-14(22-19-18-13)15(20)17-11-3-2-8-16-9-11/h2-9H,1H3,(H,17,20). The molecule has 1 N–H and O–H groups in total. The SMILES string of the molecule is COc1ccc(-c2nnsc2C(=O)Nc2cccnc2)cc1. The lowest BCUT2D eigenvalue weighted by molar-refractivity contribution is 0.103. The minimum Gasteiger partial charge on any atom is -0.497 e. The Morgan fingerprint density at radius 3 is 2.73 bits per heavy atom. The highest BCUT2D eigenvalue weighted by Crippen LogP contribution is 2.26. The number of methoxy groups -OCH3 is 1. The summed E-state index contributed by atoms with van der Waals surface area (Å²) in [5, 5.41) is 6.84. The van der Waals surface area contributed by atoms with Crippen LogP contribution in [0.5, 0.6) is 5.75 Å². The summed E-state index contributed by atoms with van der Waals surface area (Å²) in [7, 11) is 1.60. The Morgan fingerprint density at radius 2 is 2.05 bits per heavy atom. The maximum atomic E-state index is 12.4. The largest absolute Gasteiger partial charge is 0.497 e. The van der Waals surface area contributed by atoms with Crippen molar-refractivity contribution in [1.82, 2.24) is 14.6 Å². The monoisotopic (exact) mass is 312 g/mol. The fourth-order valence-electron chi connectivity index (χ4n) is 1.90. The molecule has 0 aliphatic heterocycles. The van der Waals surface area contributed by atoms with Crippen LogP contribution in [-0.2, 0) is 0 Å². The number of hydrogen-bond acceptors (Lipinski definition) is 6. The van der Waals surface area contributed by atoms with E-state index in [4.69, 9.17) is 4.74 Å². The maximum absolute atomic E-state index is 12.4. The Morgan fingerprint density at radius 1 is 1.23 bits per heavy atom. The summed E-state index contributed by atoms with van der Waals surface area (Å²) in [6, 6.07) is 10.8. The topological polar surface area (TPSA) is 77.0 Å². The molecule has 3 rings (SSSR count). The van der Waals surface area contributed by atoms with E-state index >= 15 is 0 Å². The Bertz CT molecular complexity index is 772. The molecule has 3 aromatic rings. The number of pyridine rings is 1. The fraction of sp³-hybridized carbons (Fsp3) is 0.0667. The number of benzene rings is 1. The van der Waals surface area contributed by atoms with Gasteiger partial charge in [-0.25, -0.2) is 0 Å². The minimum absolute atomic E-state index is 0.256. The second kappa shape index (κ2) is 6.31. The van der Waals surface area contributed by atoms with Gasteiger partial charge in [0.15, 0.2) is 0 Å².